The van der Waals surface area contributed by atoms with E-state index in [2.05, 4.69) is 5.32 Å². The van der Waals surface area contributed by atoms with Crippen LogP contribution >= 0.6 is 0 Å². The summed E-state index contributed by atoms with van der Waals surface area (Å²) in [6, 6.07) is -0.544. The predicted octanol–water partition coefficient (Wildman–Crippen LogP) is -0.615. The molecular formula is C11H20N2O4. The van der Waals surface area contributed by atoms with E-state index in [0.717, 1.165) is 0 Å². The number of ether oxygens (including phenoxy) is 2. The van der Waals surface area contributed by atoms with Crippen LogP contribution in [0.5, 0.6) is 0 Å². The lowest BCUT2D eigenvalue weighted by Crippen LogP contribution is -2.56. The maximum absolute atomic E-state index is 11.9. The second kappa shape index (κ2) is 6.56. The molecule has 0 aliphatic carbocycles. The van der Waals surface area contributed by atoms with Crippen LogP contribution in [0.4, 0.5) is 0 Å². The van der Waals surface area contributed by atoms with Crippen LogP contribution in [0.1, 0.15) is 13.8 Å². The van der Waals surface area contributed by atoms with Crippen LogP contribution in [0.15, 0.2) is 0 Å². The molecule has 0 radical (unpaired) electrons. The van der Waals surface area contributed by atoms with Crippen molar-refractivity contribution in [2.45, 2.75) is 26.0 Å². The average Bonchev–Trinajstić information content (AvgIpc) is 2.34. The van der Waals surface area contributed by atoms with E-state index in [4.69, 9.17) is 9.47 Å². The Bertz CT molecular complexity index is 281. The summed E-state index contributed by atoms with van der Waals surface area (Å²) >= 11 is 0. The van der Waals surface area contributed by atoms with Gasteiger partial charge in [-0.2, -0.15) is 0 Å². The van der Waals surface area contributed by atoms with Gasteiger partial charge in [-0.25, -0.2) is 0 Å². The monoisotopic (exact) mass is 244 g/mol. The van der Waals surface area contributed by atoms with Crippen molar-refractivity contribution >= 4 is 11.8 Å². The van der Waals surface area contributed by atoms with E-state index in [1.807, 2.05) is 13.8 Å². The molecule has 1 fully saturated rings. The molecule has 0 spiro atoms. The lowest BCUT2D eigenvalue weighted by molar-refractivity contribution is -0.152. The molecule has 1 N–H and O–H groups in total. The summed E-state index contributed by atoms with van der Waals surface area (Å²) in [5.74, 6) is -0.377. The van der Waals surface area contributed by atoms with Crippen LogP contribution in [-0.2, 0) is 19.1 Å². The number of rotatable bonds is 4. The summed E-state index contributed by atoms with van der Waals surface area (Å²) < 4.78 is 10.5. The maximum Gasteiger partial charge on any atom is 0.249 e. The number of hydrogen-bond acceptors (Lipinski definition) is 4. The minimum atomic E-state index is -0.544. The van der Waals surface area contributed by atoms with Crippen LogP contribution in [0.2, 0.25) is 0 Å². The summed E-state index contributed by atoms with van der Waals surface area (Å²) in [5, 5.41) is 2.53. The zero-order chi connectivity index (χ0) is 12.8. The van der Waals surface area contributed by atoms with Gasteiger partial charge in [-0.3, -0.25) is 9.59 Å². The van der Waals surface area contributed by atoms with E-state index in [1.54, 1.807) is 7.05 Å². The summed E-state index contributed by atoms with van der Waals surface area (Å²) in [6.07, 6.45) is -0.00144. The highest BCUT2D eigenvalue weighted by Gasteiger charge is 2.32. The molecule has 1 unspecified atom stereocenters. The van der Waals surface area contributed by atoms with Crippen LogP contribution in [0.3, 0.4) is 0 Å². The molecule has 1 aliphatic rings. The number of amides is 2. The Balaban J connectivity index is 2.58. The molecule has 6 heteroatoms. The Hall–Kier alpha value is -1.14. The molecular weight excluding hydrogens is 224 g/mol. The van der Waals surface area contributed by atoms with Gasteiger partial charge in [-0.1, -0.05) is 0 Å². The minimum absolute atomic E-state index is 0.00144. The van der Waals surface area contributed by atoms with E-state index in [0.29, 0.717) is 13.2 Å². The Labute approximate surface area is 101 Å². The maximum atomic E-state index is 11.9. The van der Waals surface area contributed by atoms with E-state index in [1.165, 1.54) is 4.90 Å². The number of carbonyl (C=O) groups excluding carboxylic acids is 2. The normalized spacial score (nSPS) is 20.5. The fourth-order valence-electron chi connectivity index (χ4n) is 1.61. The quantitative estimate of drug-likeness (QED) is 0.716. The summed E-state index contributed by atoms with van der Waals surface area (Å²) in [4.78, 5) is 25.0. The zero-order valence-electron chi connectivity index (χ0n) is 10.6. The fraction of sp³-hybridized carbons (Fsp3) is 0.818. The molecule has 0 bridgehead atoms. The van der Waals surface area contributed by atoms with Gasteiger partial charge in [-0.15, -0.1) is 0 Å². The zero-order valence-corrected chi connectivity index (χ0v) is 10.6. The number of hydrogen-bond donors (Lipinski definition) is 1. The molecule has 0 aromatic heterocycles. The minimum Gasteiger partial charge on any atom is -0.377 e. The van der Waals surface area contributed by atoms with Crippen molar-refractivity contribution in [1.29, 1.82) is 0 Å². The second-order valence-corrected chi connectivity index (χ2v) is 4.15. The molecule has 98 valence electrons. The Kier molecular flexibility index (Phi) is 5.37. The molecule has 1 rings (SSSR count). The van der Waals surface area contributed by atoms with Crippen molar-refractivity contribution in [2.24, 2.45) is 0 Å². The predicted molar refractivity (Wildman–Crippen MR) is 61.5 cm³/mol. The first-order valence-electron chi connectivity index (χ1n) is 5.76. The van der Waals surface area contributed by atoms with Gasteiger partial charge in [-0.05, 0) is 13.8 Å². The lowest BCUT2D eigenvalue weighted by Gasteiger charge is -2.34. The molecule has 1 heterocycles. The standard InChI is InChI=1S/C11H20N2O4/c1-8(2)17-7-10(14)13-4-5-16-6-9(13)11(15)12-3/h8-9H,4-7H2,1-3H3,(H,12,15). The highest BCUT2D eigenvalue weighted by atomic mass is 16.5. The number of nitrogens with zero attached hydrogens (tertiary/aromatic N) is 1. The van der Waals surface area contributed by atoms with E-state index in [-0.39, 0.29) is 31.1 Å². The van der Waals surface area contributed by atoms with E-state index >= 15 is 0 Å². The number of nitrogens with one attached hydrogen (secondary N) is 1. The second-order valence-electron chi connectivity index (χ2n) is 4.15. The van der Waals surface area contributed by atoms with Gasteiger partial charge in [0.05, 0.1) is 19.3 Å². The van der Waals surface area contributed by atoms with Crippen LogP contribution in [-0.4, -0.2) is 62.3 Å². The highest BCUT2D eigenvalue weighted by molar-refractivity contribution is 5.88. The molecule has 6 nitrogen and oxygen atoms in total. The van der Waals surface area contributed by atoms with Crippen LogP contribution in [0.25, 0.3) is 0 Å². The topological polar surface area (TPSA) is 67.9 Å². The van der Waals surface area contributed by atoms with Crippen molar-refractivity contribution in [3.63, 3.8) is 0 Å². The Morgan fingerprint density at radius 3 is 2.82 bits per heavy atom. The van der Waals surface area contributed by atoms with Crippen LogP contribution < -0.4 is 5.32 Å². The molecule has 1 aliphatic heterocycles. The van der Waals surface area contributed by atoms with Crippen molar-refractivity contribution in [1.82, 2.24) is 10.2 Å². The number of morpholine rings is 1. The van der Waals surface area contributed by atoms with Gasteiger partial charge in [0.2, 0.25) is 11.8 Å². The summed E-state index contributed by atoms with van der Waals surface area (Å²) in [7, 11) is 1.55. The number of likely N-dealkylation sites (N-methyl/N-ethyl adjacent to an activating group) is 1. The smallest absolute Gasteiger partial charge is 0.249 e. The largest absolute Gasteiger partial charge is 0.377 e. The Morgan fingerprint density at radius 2 is 2.24 bits per heavy atom. The van der Waals surface area contributed by atoms with Crippen molar-refractivity contribution in [3.05, 3.63) is 0 Å². The number of carbonyl (C=O) groups is 2. The third-order valence-electron chi connectivity index (χ3n) is 2.54. The van der Waals surface area contributed by atoms with Crippen molar-refractivity contribution in [3.8, 4) is 0 Å². The van der Waals surface area contributed by atoms with Gasteiger partial charge in [0.15, 0.2) is 0 Å². The molecule has 1 saturated heterocycles. The van der Waals surface area contributed by atoms with E-state index in [9.17, 15) is 9.59 Å². The average molecular weight is 244 g/mol. The van der Waals surface area contributed by atoms with Gasteiger partial charge >= 0.3 is 0 Å². The third kappa shape index (κ3) is 3.98. The first-order valence-corrected chi connectivity index (χ1v) is 5.76. The third-order valence-corrected chi connectivity index (χ3v) is 2.54. The van der Waals surface area contributed by atoms with E-state index < -0.39 is 6.04 Å². The molecule has 0 aromatic carbocycles. The molecule has 2 amide bonds. The van der Waals surface area contributed by atoms with Gasteiger partial charge in [0, 0.05) is 13.6 Å². The molecule has 17 heavy (non-hydrogen) atoms. The summed E-state index contributed by atoms with van der Waals surface area (Å²) in [5.41, 5.74) is 0. The lowest BCUT2D eigenvalue weighted by atomic mass is 10.2. The fourth-order valence-corrected chi connectivity index (χ4v) is 1.61. The highest BCUT2D eigenvalue weighted by Crippen LogP contribution is 2.08. The van der Waals surface area contributed by atoms with Gasteiger partial charge < -0.3 is 19.7 Å². The van der Waals surface area contributed by atoms with Crippen LogP contribution in [0, 0.1) is 0 Å². The summed E-state index contributed by atoms with van der Waals surface area (Å²) in [6.45, 7) is 4.86. The Morgan fingerprint density at radius 1 is 1.53 bits per heavy atom. The van der Waals surface area contributed by atoms with Gasteiger partial charge in [0.25, 0.3) is 0 Å². The first-order chi connectivity index (χ1) is 8.06. The molecule has 1 atom stereocenters. The van der Waals surface area contributed by atoms with Crippen molar-refractivity contribution in [2.75, 3.05) is 33.4 Å². The first kappa shape index (κ1) is 13.9. The molecule has 0 aromatic rings. The SMILES string of the molecule is CNC(=O)C1COCCN1C(=O)COC(C)C. The molecule has 0 saturated carbocycles. The van der Waals surface area contributed by atoms with Gasteiger partial charge in [0.1, 0.15) is 12.6 Å². The van der Waals surface area contributed by atoms with Crippen molar-refractivity contribution < 1.29 is 19.1 Å².